The molecule has 0 aromatic carbocycles. The Morgan fingerprint density at radius 1 is 1.64 bits per heavy atom. The second-order valence-electron chi connectivity index (χ2n) is 3.39. The Morgan fingerprint density at radius 3 is 3.00 bits per heavy atom. The average molecular weight is 196 g/mol. The van der Waals surface area contributed by atoms with Crippen LogP contribution in [0.25, 0.3) is 0 Å². The molecule has 1 heterocycles. The molecule has 0 saturated carbocycles. The topological polar surface area (TPSA) is 54.1 Å². The van der Waals surface area contributed by atoms with Crippen molar-refractivity contribution >= 4 is 5.97 Å². The number of hydrogen-bond acceptors (Lipinski definition) is 3. The predicted octanol–water partition coefficient (Wildman–Crippen LogP) is 1.06. The Labute approximate surface area is 83.7 Å². The van der Waals surface area contributed by atoms with Gasteiger partial charge in [0.15, 0.2) is 0 Å². The van der Waals surface area contributed by atoms with Crippen molar-refractivity contribution in [2.45, 2.75) is 26.5 Å². The normalized spacial score (nSPS) is 10.5. The Morgan fingerprint density at radius 2 is 2.43 bits per heavy atom. The standard InChI is InChI=1S/C10H16N2O2/c1-8(2)12-6-10(13)14-7-9-4-3-5-11-9/h3-5,8,11-12H,6-7H2,1-2H3. The van der Waals surface area contributed by atoms with Crippen molar-refractivity contribution in [1.29, 1.82) is 0 Å². The summed E-state index contributed by atoms with van der Waals surface area (Å²) in [6, 6.07) is 4.05. The number of hydrogen-bond donors (Lipinski definition) is 2. The Kier molecular flexibility index (Phi) is 4.19. The van der Waals surface area contributed by atoms with Crippen LogP contribution in [0.2, 0.25) is 0 Å². The summed E-state index contributed by atoms with van der Waals surface area (Å²) in [4.78, 5) is 14.1. The monoisotopic (exact) mass is 196 g/mol. The minimum Gasteiger partial charge on any atom is -0.458 e. The maximum absolute atomic E-state index is 11.1. The van der Waals surface area contributed by atoms with Crippen LogP contribution in [0, 0.1) is 0 Å². The first-order valence-corrected chi connectivity index (χ1v) is 4.69. The van der Waals surface area contributed by atoms with Crippen LogP contribution < -0.4 is 5.32 Å². The van der Waals surface area contributed by atoms with E-state index in [1.807, 2.05) is 26.0 Å². The van der Waals surface area contributed by atoms with E-state index in [0.29, 0.717) is 12.6 Å². The molecule has 0 saturated heterocycles. The second-order valence-corrected chi connectivity index (χ2v) is 3.39. The molecular formula is C10H16N2O2. The molecule has 0 spiro atoms. The Bertz CT molecular complexity index is 268. The lowest BCUT2D eigenvalue weighted by Gasteiger charge is -2.07. The van der Waals surface area contributed by atoms with Gasteiger partial charge in [0.1, 0.15) is 6.61 Å². The number of carbonyl (C=O) groups excluding carboxylic acids is 1. The summed E-state index contributed by atoms with van der Waals surface area (Å²) in [5, 5.41) is 2.99. The highest BCUT2D eigenvalue weighted by molar-refractivity contribution is 5.71. The van der Waals surface area contributed by atoms with Crippen LogP contribution in [0.5, 0.6) is 0 Å². The molecule has 0 amide bonds. The van der Waals surface area contributed by atoms with Crippen LogP contribution in [0.15, 0.2) is 18.3 Å². The minimum atomic E-state index is -0.228. The maximum atomic E-state index is 11.1. The molecule has 14 heavy (non-hydrogen) atoms. The molecule has 1 rings (SSSR count). The summed E-state index contributed by atoms with van der Waals surface area (Å²) in [5.74, 6) is -0.228. The number of aromatic amines is 1. The zero-order valence-electron chi connectivity index (χ0n) is 8.54. The van der Waals surface area contributed by atoms with Gasteiger partial charge in [-0.2, -0.15) is 0 Å². The highest BCUT2D eigenvalue weighted by atomic mass is 16.5. The van der Waals surface area contributed by atoms with E-state index < -0.39 is 0 Å². The Balaban J connectivity index is 2.15. The van der Waals surface area contributed by atoms with E-state index >= 15 is 0 Å². The summed E-state index contributed by atoms with van der Waals surface area (Å²) in [6.07, 6.45) is 1.80. The second kappa shape index (κ2) is 5.44. The zero-order valence-corrected chi connectivity index (χ0v) is 8.54. The third-order valence-corrected chi connectivity index (χ3v) is 1.71. The summed E-state index contributed by atoms with van der Waals surface area (Å²) in [6.45, 7) is 4.54. The van der Waals surface area contributed by atoms with Crippen molar-refractivity contribution in [3.8, 4) is 0 Å². The molecule has 78 valence electrons. The minimum absolute atomic E-state index is 0.228. The van der Waals surface area contributed by atoms with E-state index in [-0.39, 0.29) is 12.5 Å². The lowest BCUT2D eigenvalue weighted by atomic mass is 10.4. The van der Waals surface area contributed by atoms with Gasteiger partial charge in [-0.15, -0.1) is 0 Å². The molecule has 0 aliphatic carbocycles. The molecule has 1 aromatic rings. The van der Waals surface area contributed by atoms with Gasteiger partial charge in [0.25, 0.3) is 0 Å². The molecule has 4 nitrogen and oxygen atoms in total. The van der Waals surface area contributed by atoms with Crippen LogP contribution in [-0.2, 0) is 16.1 Å². The van der Waals surface area contributed by atoms with Crippen molar-refractivity contribution in [1.82, 2.24) is 10.3 Å². The zero-order chi connectivity index (χ0) is 10.4. The molecule has 1 aromatic heterocycles. The van der Waals surface area contributed by atoms with Gasteiger partial charge in [-0.1, -0.05) is 13.8 Å². The van der Waals surface area contributed by atoms with Crippen LogP contribution in [0.1, 0.15) is 19.5 Å². The van der Waals surface area contributed by atoms with E-state index in [1.165, 1.54) is 0 Å². The fourth-order valence-corrected chi connectivity index (χ4v) is 0.954. The summed E-state index contributed by atoms with van der Waals surface area (Å²) < 4.78 is 5.00. The number of ether oxygens (including phenoxy) is 1. The quantitative estimate of drug-likeness (QED) is 0.692. The first-order valence-electron chi connectivity index (χ1n) is 4.69. The highest BCUT2D eigenvalue weighted by Crippen LogP contribution is 1.96. The van der Waals surface area contributed by atoms with Gasteiger partial charge in [-0.3, -0.25) is 4.79 Å². The molecule has 0 aliphatic rings. The summed E-state index contributed by atoms with van der Waals surface area (Å²) in [7, 11) is 0. The average Bonchev–Trinajstić information content (AvgIpc) is 2.63. The van der Waals surface area contributed by atoms with Gasteiger partial charge in [0, 0.05) is 12.2 Å². The van der Waals surface area contributed by atoms with E-state index in [9.17, 15) is 4.79 Å². The highest BCUT2D eigenvalue weighted by Gasteiger charge is 2.03. The molecule has 0 unspecified atom stereocenters. The van der Waals surface area contributed by atoms with Gasteiger partial charge in [0.2, 0.25) is 0 Å². The molecule has 0 bridgehead atoms. The van der Waals surface area contributed by atoms with Crippen molar-refractivity contribution in [3.63, 3.8) is 0 Å². The van der Waals surface area contributed by atoms with Crippen LogP contribution in [-0.4, -0.2) is 23.5 Å². The number of nitrogens with one attached hydrogen (secondary N) is 2. The third-order valence-electron chi connectivity index (χ3n) is 1.71. The number of carbonyl (C=O) groups is 1. The number of aromatic nitrogens is 1. The lowest BCUT2D eigenvalue weighted by Crippen LogP contribution is -2.30. The molecule has 0 atom stereocenters. The van der Waals surface area contributed by atoms with Gasteiger partial charge in [-0.05, 0) is 12.1 Å². The number of H-pyrrole nitrogens is 1. The fourth-order valence-electron chi connectivity index (χ4n) is 0.954. The van der Waals surface area contributed by atoms with Crippen LogP contribution >= 0.6 is 0 Å². The van der Waals surface area contributed by atoms with Gasteiger partial charge >= 0.3 is 5.97 Å². The first-order chi connectivity index (χ1) is 6.68. The lowest BCUT2D eigenvalue weighted by molar-refractivity contribution is -0.144. The van der Waals surface area contributed by atoms with Crippen molar-refractivity contribution in [2.75, 3.05) is 6.54 Å². The van der Waals surface area contributed by atoms with E-state index in [0.717, 1.165) is 5.69 Å². The van der Waals surface area contributed by atoms with Crippen molar-refractivity contribution in [3.05, 3.63) is 24.0 Å². The number of esters is 1. The van der Waals surface area contributed by atoms with E-state index in [4.69, 9.17) is 4.74 Å². The molecular weight excluding hydrogens is 180 g/mol. The SMILES string of the molecule is CC(C)NCC(=O)OCc1ccc[nH]1. The predicted molar refractivity (Wildman–Crippen MR) is 53.7 cm³/mol. The van der Waals surface area contributed by atoms with Gasteiger partial charge < -0.3 is 15.0 Å². The van der Waals surface area contributed by atoms with Crippen molar-refractivity contribution < 1.29 is 9.53 Å². The smallest absolute Gasteiger partial charge is 0.320 e. The van der Waals surface area contributed by atoms with E-state index in [1.54, 1.807) is 6.20 Å². The van der Waals surface area contributed by atoms with Crippen LogP contribution in [0.4, 0.5) is 0 Å². The largest absolute Gasteiger partial charge is 0.458 e. The van der Waals surface area contributed by atoms with Gasteiger partial charge in [-0.25, -0.2) is 0 Å². The van der Waals surface area contributed by atoms with Crippen molar-refractivity contribution in [2.24, 2.45) is 0 Å². The summed E-state index contributed by atoms with van der Waals surface area (Å²) >= 11 is 0. The maximum Gasteiger partial charge on any atom is 0.320 e. The molecule has 2 N–H and O–H groups in total. The van der Waals surface area contributed by atoms with E-state index in [2.05, 4.69) is 10.3 Å². The fraction of sp³-hybridized carbons (Fsp3) is 0.500. The molecule has 0 radical (unpaired) electrons. The number of rotatable bonds is 5. The Hall–Kier alpha value is -1.29. The summed E-state index contributed by atoms with van der Waals surface area (Å²) in [5.41, 5.74) is 0.905. The van der Waals surface area contributed by atoms with Gasteiger partial charge in [0.05, 0.1) is 12.2 Å². The van der Waals surface area contributed by atoms with Crippen LogP contribution in [0.3, 0.4) is 0 Å². The molecule has 0 aliphatic heterocycles. The molecule has 0 fully saturated rings. The first kappa shape index (κ1) is 10.8. The third kappa shape index (κ3) is 4.09. The molecule has 4 heteroatoms.